The van der Waals surface area contributed by atoms with Crippen molar-refractivity contribution in [2.24, 2.45) is 0 Å². The molecule has 0 aliphatic carbocycles. The van der Waals surface area contributed by atoms with Crippen LogP contribution in [0, 0.1) is 6.92 Å². The van der Waals surface area contributed by atoms with E-state index in [0.29, 0.717) is 38.8 Å². The lowest BCUT2D eigenvalue weighted by molar-refractivity contribution is 0.100. The number of rotatable bonds is 12. The zero-order chi connectivity index (χ0) is 31.4. The number of Topliss-reactive ketones (excluding diaryl/α,β-unsaturated/α-hetero) is 1. The van der Waals surface area contributed by atoms with Crippen molar-refractivity contribution in [3.8, 4) is 10.6 Å². The van der Waals surface area contributed by atoms with Gasteiger partial charge >= 0.3 is 0 Å². The second-order valence-electron chi connectivity index (χ2n) is 10.0. The van der Waals surface area contributed by atoms with E-state index in [1.807, 2.05) is 30.3 Å². The van der Waals surface area contributed by atoms with Crippen molar-refractivity contribution < 1.29 is 22.4 Å². The van der Waals surface area contributed by atoms with Crippen molar-refractivity contribution in [2.45, 2.75) is 18.4 Å². The molecular weight excluding hydrogens is 613 g/mol. The number of imidazole rings is 1. The first kappa shape index (κ1) is 29.9. The quantitative estimate of drug-likeness (QED) is 0.147. The van der Waals surface area contributed by atoms with E-state index in [0.717, 1.165) is 4.88 Å². The van der Waals surface area contributed by atoms with E-state index in [-0.39, 0.29) is 42.2 Å². The zero-order valence-electron chi connectivity index (χ0n) is 24.1. The maximum Gasteiger partial charge on any atom is 0.268 e. The molecule has 0 saturated heterocycles. The summed E-state index contributed by atoms with van der Waals surface area (Å²) in [5.41, 5.74) is 2.50. The number of aromatic nitrogens is 3. The third-order valence-electron chi connectivity index (χ3n) is 6.90. The molecule has 0 atom stereocenters. The molecule has 3 aromatic carbocycles. The minimum absolute atomic E-state index is 0.0468. The van der Waals surface area contributed by atoms with Gasteiger partial charge in [-0.3, -0.25) is 14.9 Å². The molecule has 13 heteroatoms. The Labute approximate surface area is 263 Å². The van der Waals surface area contributed by atoms with Gasteiger partial charge in [-0.1, -0.05) is 48.5 Å². The maximum atomic E-state index is 13.3. The third-order valence-corrected chi connectivity index (χ3v) is 9.47. The van der Waals surface area contributed by atoms with Gasteiger partial charge < -0.3 is 14.3 Å². The number of oxazole rings is 1. The number of sulfonamides is 1. The van der Waals surface area contributed by atoms with Crippen molar-refractivity contribution in [3.05, 3.63) is 114 Å². The van der Waals surface area contributed by atoms with E-state index >= 15 is 0 Å². The Kier molecular flexibility index (Phi) is 8.56. The summed E-state index contributed by atoms with van der Waals surface area (Å²) >= 11 is 1.25. The van der Waals surface area contributed by atoms with E-state index in [2.05, 4.69) is 25.3 Å². The Balaban J connectivity index is 1.24. The minimum Gasteiger partial charge on any atom is -0.440 e. The number of fused-ring (bicyclic) bond motifs is 1. The largest absolute Gasteiger partial charge is 0.440 e. The molecule has 11 nitrogen and oxygen atoms in total. The van der Waals surface area contributed by atoms with Crippen LogP contribution in [-0.4, -0.2) is 47.7 Å². The highest BCUT2D eigenvalue weighted by atomic mass is 32.2. The molecule has 6 aromatic rings. The number of amides is 1. The molecular formula is C32H28N6O5S2. The Bertz CT molecular complexity index is 2090. The van der Waals surface area contributed by atoms with Gasteiger partial charge in [0.2, 0.25) is 16.0 Å². The Morgan fingerprint density at radius 3 is 2.44 bits per heavy atom. The summed E-state index contributed by atoms with van der Waals surface area (Å²) in [4.78, 5) is 36.1. The van der Waals surface area contributed by atoms with Gasteiger partial charge in [0.15, 0.2) is 17.4 Å². The van der Waals surface area contributed by atoms with Crippen LogP contribution >= 0.6 is 11.3 Å². The fourth-order valence-corrected chi connectivity index (χ4v) is 6.57. The van der Waals surface area contributed by atoms with Crippen LogP contribution in [0.5, 0.6) is 0 Å². The number of hydrogen-bond acceptors (Lipinski definition) is 9. The number of ketones is 1. The fourth-order valence-electron chi connectivity index (χ4n) is 4.68. The number of hydrogen-bond donors (Lipinski definition) is 3. The highest BCUT2D eigenvalue weighted by Crippen LogP contribution is 2.30. The number of anilines is 2. The number of carbonyl (C=O) groups excluding carboxylic acids is 2. The van der Waals surface area contributed by atoms with Crippen molar-refractivity contribution in [1.82, 2.24) is 19.3 Å². The predicted octanol–water partition coefficient (Wildman–Crippen LogP) is 5.59. The molecule has 0 saturated carbocycles. The van der Waals surface area contributed by atoms with Crippen LogP contribution < -0.4 is 15.4 Å². The van der Waals surface area contributed by atoms with Crippen LogP contribution in [0.15, 0.2) is 107 Å². The van der Waals surface area contributed by atoms with Crippen LogP contribution in [-0.2, 0) is 16.6 Å². The Hall–Kier alpha value is -5.11. The van der Waals surface area contributed by atoms with E-state index in [9.17, 15) is 18.0 Å². The lowest BCUT2D eigenvalue weighted by Crippen LogP contribution is -2.28. The summed E-state index contributed by atoms with van der Waals surface area (Å²) in [7, 11) is -3.74. The second-order valence-corrected chi connectivity index (χ2v) is 12.9. The molecule has 45 heavy (non-hydrogen) atoms. The van der Waals surface area contributed by atoms with Crippen LogP contribution in [0.1, 0.15) is 25.9 Å². The average Bonchev–Trinajstić information content (AvgIpc) is 3.79. The second kappa shape index (κ2) is 12.9. The molecule has 0 unspecified atom stereocenters. The first-order valence-electron chi connectivity index (χ1n) is 14.0. The number of thiophene rings is 1. The summed E-state index contributed by atoms with van der Waals surface area (Å²) in [6.45, 7) is 2.07. The molecule has 0 spiro atoms. The zero-order valence-corrected chi connectivity index (χ0v) is 25.7. The van der Waals surface area contributed by atoms with E-state index in [1.54, 1.807) is 66.2 Å². The van der Waals surface area contributed by atoms with Gasteiger partial charge in [0.1, 0.15) is 0 Å². The normalized spacial score (nSPS) is 11.5. The molecule has 1 amide bonds. The topological polar surface area (TPSA) is 148 Å². The molecule has 0 fully saturated rings. The number of benzene rings is 3. The maximum absolute atomic E-state index is 13.3. The standard InChI is InChI=1S/C32H28N6O5S2/c1-21-33-20-28(43-21)29-14-15-30(44-29)31(40)37-32-36-25-18-23(34-19-27(39)22-8-4-2-5-9-22)12-13-26(25)38(32)17-16-35-45(41,42)24-10-6-3-7-11-24/h2-15,18,20,34-35H,16-17,19H2,1H3,(H,36,37,40). The molecule has 3 heterocycles. The van der Waals surface area contributed by atoms with Gasteiger partial charge in [-0.15, -0.1) is 11.3 Å². The number of nitrogens with one attached hydrogen (secondary N) is 3. The van der Waals surface area contributed by atoms with Gasteiger partial charge in [0.25, 0.3) is 5.91 Å². The van der Waals surface area contributed by atoms with Gasteiger partial charge in [0, 0.05) is 31.3 Å². The summed E-state index contributed by atoms with van der Waals surface area (Å²) in [5.74, 6) is 0.905. The lowest BCUT2D eigenvalue weighted by Gasteiger charge is -2.11. The van der Waals surface area contributed by atoms with Gasteiger partial charge in [-0.2, -0.15) is 0 Å². The first-order chi connectivity index (χ1) is 21.8. The average molecular weight is 641 g/mol. The molecule has 0 radical (unpaired) electrons. The highest BCUT2D eigenvalue weighted by molar-refractivity contribution is 7.89. The van der Waals surface area contributed by atoms with Crippen molar-refractivity contribution in [3.63, 3.8) is 0 Å². The predicted molar refractivity (Wildman–Crippen MR) is 173 cm³/mol. The summed E-state index contributed by atoms with van der Waals surface area (Å²) in [5, 5.41) is 6.02. The van der Waals surface area contributed by atoms with Crippen LogP contribution in [0.2, 0.25) is 0 Å². The van der Waals surface area contributed by atoms with Crippen LogP contribution in [0.3, 0.4) is 0 Å². The summed E-state index contributed by atoms with van der Waals surface area (Å²) in [6, 6.07) is 26.0. The van der Waals surface area contributed by atoms with Gasteiger partial charge in [0.05, 0.1) is 38.4 Å². The molecule has 0 aliphatic rings. The van der Waals surface area contributed by atoms with Crippen molar-refractivity contribution >= 4 is 55.7 Å². The molecule has 6 rings (SSSR count). The number of nitrogens with zero attached hydrogens (tertiary/aromatic N) is 3. The summed E-state index contributed by atoms with van der Waals surface area (Å²) in [6.07, 6.45) is 1.61. The van der Waals surface area contributed by atoms with E-state index in [1.165, 1.54) is 23.5 Å². The SMILES string of the molecule is Cc1ncc(-c2ccc(C(=O)Nc3nc4cc(NCC(=O)c5ccccc5)ccc4n3CCNS(=O)(=O)c3ccccc3)s2)o1. The summed E-state index contributed by atoms with van der Waals surface area (Å²) < 4.78 is 35.6. The van der Waals surface area contributed by atoms with E-state index in [4.69, 9.17) is 4.42 Å². The Morgan fingerprint density at radius 1 is 0.956 bits per heavy atom. The van der Waals surface area contributed by atoms with Crippen molar-refractivity contribution in [1.29, 1.82) is 0 Å². The number of aryl methyl sites for hydroxylation is 1. The first-order valence-corrected chi connectivity index (χ1v) is 16.3. The molecule has 0 bridgehead atoms. The fraction of sp³-hybridized carbons (Fsp3) is 0.125. The van der Waals surface area contributed by atoms with Crippen molar-refractivity contribution in [2.75, 3.05) is 23.7 Å². The molecule has 0 aliphatic heterocycles. The van der Waals surface area contributed by atoms with Crippen LogP contribution in [0.4, 0.5) is 11.6 Å². The van der Waals surface area contributed by atoms with Crippen LogP contribution in [0.25, 0.3) is 21.7 Å². The Morgan fingerprint density at radius 2 is 1.71 bits per heavy atom. The number of carbonyl (C=O) groups is 2. The van der Waals surface area contributed by atoms with Gasteiger partial charge in [-0.05, 0) is 42.5 Å². The van der Waals surface area contributed by atoms with E-state index < -0.39 is 10.0 Å². The smallest absolute Gasteiger partial charge is 0.268 e. The monoisotopic (exact) mass is 640 g/mol. The van der Waals surface area contributed by atoms with Gasteiger partial charge in [-0.25, -0.2) is 23.1 Å². The third kappa shape index (κ3) is 6.85. The molecule has 3 aromatic heterocycles. The highest BCUT2D eigenvalue weighted by Gasteiger charge is 2.19. The minimum atomic E-state index is -3.74. The molecule has 228 valence electrons. The molecule has 3 N–H and O–H groups in total. The lowest BCUT2D eigenvalue weighted by atomic mass is 10.1.